The SMILES string of the molecule is c1ccc(-c2cc3nc(-c4ccc5c(c4)c4cc(-c6nc7ccccc7s6)ccc4n5-c4nc5ccccc5n4-c4ccccc4)oc3cc2-c2ccccc2)cc1. The number of aromatic nitrogens is 5. The van der Waals surface area contributed by atoms with Gasteiger partial charge in [0.05, 0.1) is 32.3 Å². The van der Waals surface area contributed by atoms with Crippen LogP contribution >= 0.6 is 11.3 Å². The van der Waals surface area contributed by atoms with E-state index < -0.39 is 0 Å². The lowest BCUT2D eigenvalue weighted by Crippen LogP contribution is -2.05. The van der Waals surface area contributed by atoms with E-state index in [0.717, 1.165) is 99.5 Å². The van der Waals surface area contributed by atoms with E-state index in [1.54, 1.807) is 11.3 Å². The van der Waals surface area contributed by atoms with Crippen LogP contribution in [0.3, 0.4) is 0 Å². The van der Waals surface area contributed by atoms with Crippen LogP contribution in [0, 0.1) is 0 Å². The first-order valence-corrected chi connectivity index (χ1v) is 20.1. The standard InChI is InChI=1S/C51H31N5OS/c1-4-14-32(15-5-1)37-30-43-47(31-38(37)33-16-6-2-7-17-33)57-49(52-43)34-24-26-44-39(28-34)40-29-35(50-53-42-21-11-13-23-48(42)58-50)25-27-45(40)56(44)51-54-41-20-10-12-22-46(41)55(51)36-18-8-3-9-19-36/h1-31H. The van der Waals surface area contributed by atoms with Crippen molar-refractivity contribution < 1.29 is 4.42 Å². The molecular formula is C51H31N5OS. The zero-order valence-corrected chi connectivity index (χ0v) is 31.8. The van der Waals surface area contributed by atoms with Gasteiger partial charge in [0.2, 0.25) is 11.8 Å². The molecule has 272 valence electrons. The van der Waals surface area contributed by atoms with Crippen molar-refractivity contribution in [2.24, 2.45) is 0 Å². The number of imidazole rings is 1. The van der Waals surface area contributed by atoms with Crippen LogP contribution in [0.25, 0.3) is 110 Å². The van der Waals surface area contributed by atoms with Crippen LogP contribution in [0.15, 0.2) is 192 Å². The Bertz CT molecular complexity index is 3400. The van der Waals surface area contributed by atoms with Crippen molar-refractivity contribution in [3.05, 3.63) is 188 Å². The van der Waals surface area contributed by atoms with Crippen LogP contribution in [0.2, 0.25) is 0 Å². The van der Waals surface area contributed by atoms with Crippen molar-refractivity contribution in [2.75, 3.05) is 0 Å². The lowest BCUT2D eigenvalue weighted by atomic mass is 9.94. The highest BCUT2D eigenvalue weighted by molar-refractivity contribution is 7.21. The molecule has 12 aromatic rings. The summed E-state index contributed by atoms with van der Waals surface area (Å²) < 4.78 is 12.4. The fourth-order valence-corrected chi connectivity index (χ4v) is 9.27. The molecule has 0 radical (unpaired) electrons. The molecule has 0 unspecified atom stereocenters. The average molecular weight is 762 g/mol. The summed E-state index contributed by atoms with van der Waals surface area (Å²) in [5.41, 5.74) is 14.1. The van der Waals surface area contributed by atoms with Crippen LogP contribution in [-0.2, 0) is 0 Å². The maximum atomic E-state index is 6.66. The molecular weight excluding hydrogens is 731 g/mol. The predicted molar refractivity (Wildman–Crippen MR) is 238 cm³/mol. The zero-order chi connectivity index (χ0) is 38.2. The Morgan fingerprint density at radius 1 is 0.414 bits per heavy atom. The smallest absolute Gasteiger partial charge is 0.227 e. The molecule has 0 aliphatic heterocycles. The van der Waals surface area contributed by atoms with Gasteiger partial charge in [-0.05, 0) is 107 Å². The van der Waals surface area contributed by atoms with E-state index >= 15 is 0 Å². The van der Waals surface area contributed by atoms with Gasteiger partial charge in [0, 0.05) is 27.6 Å². The first-order chi connectivity index (χ1) is 28.7. The van der Waals surface area contributed by atoms with Crippen LogP contribution in [-0.4, -0.2) is 24.1 Å². The number of fused-ring (bicyclic) bond motifs is 6. The lowest BCUT2D eigenvalue weighted by Gasteiger charge is -2.12. The van der Waals surface area contributed by atoms with Crippen molar-refractivity contribution in [1.29, 1.82) is 0 Å². The van der Waals surface area contributed by atoms with E-state index in [1.807, 2.05) is 30.3 Å². The molecule has 0 aliphatic carbocycles. The van der Waals surface area contributed by atoms with Gasteiger partial charge < -0.3 is 4.42 Å². The Morgan fingerprint density at radius 2 is 1.02 bits per heavy atom. The minimum Gasteiger partial charge on any atom is -0.436 e. The summed E-state index contributed by atoms with van der Waals surface area (Å²) in [6.07, 6.45) is 0. The molecule has 4 aromatic heterocycles. The molecule has 0 atom stereocenters. The maximum Gasteiger partial charge on any atom is 0.227 e. The molecule has 12 rings (SSSR count). The second-order valence-corrected chi connectivity index (χ2v) is 15.5. The minimum atomic E-state index is 0.570. The van der Waals surface area contributed by atoms with Gasteiger partial charge in [-0.3, -0.25) is 9.13 Å². The Balaban J connectivity index is 1.09. The quantitative estimate of drug-likeness (QED) is 0.169. The van der Waals surface area contributed by atoms with Crippen LogP contribution in [0.1, 0.15) is 0 Å². The number of rotatable bonds is 6. The van der Waals surface area contributed by atoms with Gasteiger partial charge in [0.1, 0.15) is 10.5 Å². The van der Waals surface area contributed by atoms with Gasteiger partial charge >= 0.3 is 0 Å². The van der Waals surface area contributed by atoms with Crippen molar-refractivity contribution in [2.45, 2.75) is 0 Å². The summed E-state index contributed by atoms with van der Waals surface area (Å²) in [5, 5.41) is 3.15. The second kappa shape index (κ2) is 13.0. The third-order valence-electron chi connectivity index (χ3n) is 11.0. The molecule has 0 amide bonds. The molecule has 4 heterocycles. The molecule has 0 fully saturated rings. The zero-order valence-electron chi connectivity index (χ0n) is 31.0. The van der Waals surface area contributed by atoms with Crippen LogP contribution in [0.5, 0.6) is 0 Å². The number of nitrogens with zero attached hydrogens (tertiary/aromatic N) is 5. The summed E-state index contributed by atoms with van der Waals surface area (Å²) in [5.74, 6) is 1.39. The summed E-state index contributed by atoms with van der Waals surface area (Å²) >= 11 is 1.71. The first kappa shape index (κ1) is 32.6. The second-order valence-electron chi connectivity index (χ2n) is 14.5. The minimum absolute atomic E-state index is 0.570. The van der Waals surface area contributed by atoms with Gasteiger partial charge in [-0.1, -0.05) is 103 Å². The molecule has 0 spiro atoms. The molecule has 0 N–H and O–H groups in total. The number of oxazole rings is 1. The molecule has 6 nitrogen and oxygen atoms in total. The van der Waals surface area contributed by atoms with Gasteiger partial charge in [-0.15, -0.1) is 11.3 Å². The van der Waals surface area contributed by atoms with E-state index in [4.69, 9.17) is 19.4 Å². The van der Waals surface area contributed by atoms with Crippen molar-refractivity contribution >= 4 is 65.5 Å². The fourth-order valence-electron chi connectivity index (χ4n) is 8.31. The normalized spacial score (nSPS) is 11.8. The molecule has 0 aliphatic rings. The summed E-state index contributed by atoms with van der Waals surface area (Å²) in [6.45, 7) is 0. The van der Waals surface area contributed by atoms with Gasteiger partial charge in [0.25, 0.3) is 0 Å². The Morgan fingerprint density at radius 3 is 1.74 bits per heavy atom. The van der Waals surface area contributed by atoms with Crippen LogP contribution in [0.4, 0.5) is 0 Å². The summed E-state index contributed by atoms with van der Waals surface area (Å²) in [7, 11) is 0. The van der Waals surface area contributed by atoms with Gasteiger partial charge in [-0.2, -0.15) is 0 Å². The molecule has 7 heteroatoms. The average Bonchev–Trinajstić information content (AvgIpc) is 4.08. The van der Waals surface area contributed by atoms with Gasteiger partial charge in [-0.25, -0.2) is 15.0 Å². The molecule has 58 heavy (non-hydrogen) atoms. The molecule has 0 saturated carbocycles. The van der Waals surface area contributed by atoms with E-state index in [-0.39, 0.29) is 0 Å². The van der Waals surface area contributed by atoms with Gasteiger partial charge in [0.15, 0.2) is 5.58 Å². The molecule has 0 saturated heterocycles. The number of benzene rings is 8. The number of hydrogen-bond acceptors (Lipinski definition) is 5. The van der Waals surface area contributed by atoms with E-state index in [2.05, 4.69) is 167 Å². The molecule has 8 aromatic carbocycles. The highest BCUT2D eigenvalue weighted by atomic mass is 32.1. The Hall–Kier alpha value is -7.61. The van der Waals surface area contributed by atoms with Crippen molar-refractivity contribution in [3.63, 3.8) is 0 Å². The van der Waals surface area contributed by atoms with Crippen molar-refractivity contribution in [3.8, 4) is 55.9 Å². The fraction of sp³-hybridized carbons (Fsp3) is 0. The maximum absolute atomic E-state index is 6.66. The third kappa shape index (κ3) is 5.21. The largest absolute Gasteiger partial charge is 0.436 e. The first-order valence-electron chi connectivity index (χ1n) is 19.3. The topological polar surface area (TPSA) is 61.7 Å². The Kier molecular flexibility index (Phi) is 7.30. The lowest BCUT2D eigenvalue weighted by molar-refractivity contribution is 0.620. The Labute approximate surface area is 336 Å². The number of para-hydroxylation sites is 4. The number of hydrogen-bond donors (Lipinski definition) is 0. The highest BCUT2D eigenvalue weighted by Gasteiger charge is 2.22. The van der Waals surface area contributed by atoms with E-state index in [1.165, 1.54) is 4.70 Å². The van der Waals surface area contributed by atoms with E-state index in [9.17, 15) is 0 Å². The predicted octanol–water partition coefficient (Wildman–Crippen LogP) is 13.5. The van der Waals surface area contributed by atoms with Crippen molar-refractivity contribution in [1.82, 2.24) is 24.1 Å². The van der Waals surface area contributed by atoms with E-state index in [0.29, 0.717) is 5.89 Å². The third-order valence-corrected chi connectivity index (χ3v) is 12.1. The monoisotopic (exact) mass is 761 g/mol. The number of thiazole rings is 1. The van der Waals surface area contributed by atoms with Crippen LogP contribution < -0.4 is 0 Å². The summed E-state index contributed by atoms with van der Waals surface area (Å²) in [4.78, 5) is 15.5. The summed E-state index contributed by atoms with van der Waals surface area (Å²) in [6, 6.07) is 65.5. The highest BCUT2D eigenvalue weighted by Crippen LogP contribution is 2.41. The molecule has 0 bridgehead atoms.